The van der Waals surface area contributed by atoms with Crippen LogP contribution in [0.2, 0.25) is 0 Å². The standard InChI is InChI=1S/C20H32N8O11/c1-7-36-16(32)24-27(18(34)38-9-3)20(28(19(35)39-10-4)25-17(33)37-8-2)13(22-6)23-15(31)26(14(20)30)11-12(29)21-5/h7-11H2,1-6H3,(H,21,29)(H,24,32)(H,25,33)(H,22,23,31). The molecule has 8 amide bonds. The van der Waals surface area contributed by atoms with Crippen LogP contribution in [0.1, 0.15) is 27.7 Å². The molecular formula is C20H32N8O11. The summed E-state index contributed by atoms with van der Waals surface area (Å²) < 4.78 is 19.6. The first-order valence-corrected chi connectivity index (χ1v) is 11.6. The summed E-state index contributed by atoms with van der Waals surface area (Å²) in [5.74, 6) is -3.14. The number of ether oxygens (including phenoxy) is 4. The van der Waals surface area contributed by atoms with Gasteiger partial charge in [-0.05, 0) is 27.7 Å². The second kappa shape index (κ2) is 14.8. The number of carbonyl (C=O) groups excluding carboxylic acids is 7. The number of likely N-dealkylation sites (N-methyl/N-ethyl adjacent to an activating group) is 1. The van der Waals surface area contributed by atoms with Gasteiger partial charge in [0.15, 0.2) is 5.84 Å². The van der Waals surface area contributed by atoms with Crippen molar-refractivity contribution in [1.82, 2.24) is 36.4 Å². The van der Waals surface area contributed by atoms with E-state index in [-0.39, 0.29) is 36.4 Å². The van der Waals surface area contributed by atoms with Crippen LogP contribution >= 0.6 is 0 Å². The minimum Gasteiger partial charge on any atom is -0.449 e. The molecule has 0 unspecified atom stereocenters. The maximum absolute atomic E-state index is 14.2. The number of aliphatic imine (C=N–C) groups is 1. The van der Waals surface area contributed by atoms with Crippen LogP contribution < -0.4 is 21.5 Å². The monoisotopic (exact) mass is 560 g/mol. The van der Waals surface area contributed by atoms with Crippen LogP contribution in [0.3, 0.4) is 0 Å². The van der Waals surface area contributed by atoms with Crippen LogP contribution in [0, 0.1) is 0 Å². The number of nitrogens with one attached hydrogen (secondary N) is 4. The fourth-order valence-corrected chi connectivity index (χ4v) is 3.12. The highest BCUT2D eigenvalue weighted by Crippen LogP contribution is 2.28. The lowest BCUT2D eigenvalue weighted by Gasteiger charge is -2.49. The number of hydrazine groups is 2. The lowest BCUT2D eigenvalue weighted by molar-refractivity contribution is -0.153. The van der Waals surface area contributed by atoms with Gasteiger partial charge in [-0.15, -0.1) is 0 Å². The Morgan fingerprint density at radius 3 is 1.64 bits per heavy atom. The fraction of sp³-hybridized carbons (Fsp3) is 0.600. The summed E-state index contributed by atoms with van der Waals surface area (Å²) in [5, 5.41) is 4.70. The van der Waals surface area contributed by atoms with Gasteiger partial charge in [0, 0.05) is 14.1 Å². The van der Waals surface area contributed by atoms with E-state index in [1.807, 2.05) is 10.9 Å². The zero-order valence-electron chi connectivity index (χ0n) is 22.3. The van der Waals surface area contributed by atoms with E-state index in [1.165, 1.54) is 34.7 Å². The SMILES string of the molecule is CCOC(=O)NN(C(=O)OCC)C1(N(NC(=O)OCC)C(=O)OCC)C(=O)N(CC(=O)NC)C(=O)NC1=NC. The molecule has 1 saturated heterocycles. The van der Waals surface area contributed by atoms with E-state index < -0.39 is 60.3 Å². The average molecular weight is 561 g/mol. The Morgan fingerprint density at radius 2 is 1.28 bits per heavy atom. The van der Waals surface area contributed by atoms with Crippen molar-refractivity contribution in [3.05, 3.63) is 0 Å². The number of hydrogen-bond donors (Lipinski definition) is 4. The van der Waals surface area contributed by atoms with E-state index in [0.29, 0.717) is 4.90 Å². The van der Waals surface area contributed by atoms with Gasteiger partial charge in [0.2, 0.25) is 5.91 Å². The molecule has 19 heteroatoms. The molecule has 0 saturated carbocycles. The molecular weight excluding hydrogens is 528 g/mol. The lowest BCUT2D eigenvalue weighted by atomic mass is 10.0. The van der Waals surface area contributed by atoms with Crippen LogP contribution in [-0.4, -0.2) is 116 Å². The highest BCUT2D eigenvalue weighted by molar-refractivity contribution is 6.26. The molecule has 0 aromatic heterocycles. The summed E-state index contributed by atoms with van der Waals surface area (Å²) in [6.45, 7) is 3.74. The third-order valence-corrected chi connectivity index (χ3v) is 4.65. The molecule has 0 aromatic rings. The van der Waals surface area contributed by atoms with Crippen LogP contribution in [0.15, 0.2) is 4.99 Å². The predicted molar refractivity (Wildman–Crippen MR) is 128 cm³/mol. The molecule has 1 heterocycles. The highest BCUT2D eigenvalue weighted by Gasteiger charge is 2.66. The number of carbonyl (C=O) groups is 7. The smallest absolute Gasteiger partial charge is 0.431 e. The van der Waals surface area contributed by atoms with Crippen molar-refractivity contribution in [3.63, 3.8) is 0 Å². The largest absolute Gasteiger partial charge is 0.449 e. The van der Waals surface area contributed by atoms with E-state index >= 15 is 0 Å². The van der Waals surface area contributed by atoms with E-state index in [2.05, 4.69) is 15.6 Å². The molecule has 1 fully saturated rings. The zero-order chi connectivity index (χ0) is 29.8. The van der Waals surface area contributed by atoms with Crippen molar-refractivity contribution >= 4 is 48.1 Å². The quantitative estimate of drug-likeness (QED) is 0.164. The zero-order valence-corrected chi connectivity index (χ0v) is 22.3. The van der Waals surface area contributed by atoms with E-state index in [9.17, 15) is 33.6 Å². The maximum Gasteiger partial charge on any atom is 0.431 e. The van der Waals surface area contributed by atoms with E-state index in [0.717, 1.165) is 7.05 Å². The summed E-state index contributed by atoms with van der Waals surface area (Å²) in [4.78, 5) is 94.8. The Balaban J connectivity index is 4.15. The Labute approximate surface area is 223 Å². The van der Waals surface area contributed by atoms with Crippen molar-refractivity contribution in [2.75, 3.05) is 47.1 Å². The second-order valence-electron chi connectivity index (χ2n) is 6.97. The summed E-state index contributed by atoms with van der Waals surface area (Å²) in [5.41, 5.74) is 0.836. The molecule has 1 aliphatic rings. The summed E-state index contributed by atoms with van der Waals surface area (Å²) in [6, 6.07) is -1.19. The number of imide groups is 1. The van der Waals surface area contributed by atoms with E-state index in [1.54, 1.807) is 0 Å². The molecule has 218 valence electrons. The molecule has 39 heavy (non-hydrogen) atoms. The number of amides is 8. The molecule has 0 atom stereocenters. The van der Waals surface area contributed by atoms with Gasteiger partial charge in [-0.25, -0.2) is 34.8 Å². The Hall–Kier alpha value is -4.84. The number of amidine groups is 1. The molecule has 19 nitrogen and oxygen atoms in total. The van der Waals surface area contributed by atoms with Crippen molar-refractivity contribution in [1.29, 1.82) is 0 Å². The Kier molecular flexibility index (Phi) is 12.2. The molecule has 4 N–H and O–H groups in total. The minimum absolute atomic E-state index is 0.151. The van der Waals surface area contributed by atoms with Crippen LogP contribution in [-0.2, 0) is 28.5 Å². The fourth-order valence-electron chi connectivity index (χ4n) is 3.12. The topological polar surface area (TPSA) is 227 Å². The summed E-state index contributed by atoms with van der Waals surface area (Å²) >= 11 is 0. The number of hydrogen-bond acceptors (Lipinski definition) is 12. The van der Waals surface area contributed by atoms with Crippen LogP contribution in [0.25, 0.3) is 0 Å². The van der Waals surface area contributed by atoms with Gasteiger partial charge in [-0.1, -0.05) is 0 Å². The normalized spacial score (nSPS) is 14.9. The second-order valence-corrected chi connectivity index (χ2v) is 6.97. The lowest BCUT2D eigenvalue weighted by Crippen LogP contribution is -2.85. The van der Waals surface area contributed by atoms with Crippen molar-refractivity contribution in [2.45, 2.75) is 33.4 Å². The molecule has 1 rings (SSSR count). The van der Waals surface area contributed by atoms with Gasteiger partial charge >= 0.3 is 30.4 Å². The van der Waals surface area contributed by atoms with Gasteiger partial charge in [-0.2, -0.15) is 10.0 Å². The molecule has 1 aliphatic heterocycles. The first-order chi connectivity index (χ1) is 18.5. The summed E-state index contributed by atoms with van der Waals surface area (Å²) in [6.07, 6.45) is -5.59. The molecule has 0 radical (unpaired) electrons. The third-order valence-electron chi connectivity index (χ3n) is 4.65. The van der Waals surface area contributed by atoms with E-state index in [4.69, 9.17) is 18.9 Å². The predicted octanol–water partition coefficient (Wildman–Crippen LogP) is -0.752. The highest BCUT2D eigenvalue weighted by atomic mass is 16.6. The number of nitrogens with zero attached hydrogens (tertiary/aromatic N) is 4. The molecule has 0 aliphatic carbocycles. The average Bonchev–Trinajstić information content (AvgIpc) is 2.89. The van der Waals surface area contributed by atoms with Gasteiger partial charge < -0.3 is 24.3 Å². The number of urea groups is 1. The van der Waals surface area contributed by atoms with Crippen molar-refractivity contribution in [2.24, 2.45) is 4.99 Å². The van der Waals surface area contributed by atoms with Gasteiger partial charge in [0.05, 0.1) is 26.4 Å². The first kappa shape index (κ1) is 32.2. The molecule has 0 spiro atoms. The van der Waals surface area contributed by atoms with Crippen LogP contribution in [0.5, 0.6) is 0 Å². The van der Waals surface area contributed by atoms with Crippen molar-refractivity contribution < 1.29 is 52.5 Å². The van der Waals surface area contributed by atoms with Gasteiger partial charge in [-0.3, -0.25) is 24.8 Å². The third kappa shape index (κ3) is 7.14. The number of rotatable bonds is 8. The first-order valence-electron chi connectivity index (χ1n) is 11.6. The van der Waals surface area contributed by atoms with Crippen LogP contribution in [0.4, 0.5) is 24.0 Å². The Morgan fingerprint density at radius 1 is 0.846 bits per heavy atom. The Bertz CT molecular complexity index is 960. The van der Waals surface area contributed by atoms with Gasteiger partial charge in [0.25, 0.3) is 11.6 Å². The van der Waals surface area contributed by atoms with Crippen molar-refractivity contribution in [3.8, 4) is 0 Å². The maximum atomic E-state index is 14.2. The molecule has 0 bridgehead atoms. The molecule has 0 aromatic carbocycles. The minimum atomic E-state index is -3.10. The van der Waals surface area contributed by atoms with Gasteiger partial charge in [0.1, 0.15) is 6.54 Å². The summed E-state index contributed by atoms with van der Waals surface area (Å²) in [7, 11) is 2.29.